The summed E-state index contributed by atoms with van der Waals surface area (Å²) in [6.07, 6.45) is -1.73. The minimum Gasteiger partial charge on any atom is -0.322 e. The second-order valence-corrected chi connectivity index (χ2v) is 9.49. The highest BCUT2D eigenvalue weighted by Gasteiger charge is 2.34. The van der Waals surface area contributed by atoms with E-state index < -0.39 is 17.6 Å². The molecule has 0 spiro atoms. The average molecular weight is 528 g/mol. The Morgan fingerprint density at radius 2 is 1.87 bits per heavy atom. The van der Waals surface area contributed by atoms with Gasteiger partial charge in [0.25, 0.3) is 5.91 Å². The van der Waals surface area contributed by atoms with Gasteiger partial charge in [-0.1, -0.05) is 29.6 Å². The lowest BCUT2D eigenvalue weighted by Crippen LogP contribution is -2.44. The van der Waals surface area contributed by atoms with Crippen molar-refractivity contribution in [1.29, 1.82) is 0 Å². The molecule has 1 amide bonds. The molecule has 1 aliphatic rings. The fourth-order valence-corrected chi connectivity index (χ4v) is 4.40. The first-order valence-electron chi connectivity index (χ1n) is 12.3. The molecule has 7 nitrogen and oxygen atoms in total. The van der Waals surface area contributed by atoms with Crippen LogP contribution in [0, 0.1) is 11.8 Å². The van der Waals surface area contributed by atoms with Crippen LogP contribution in [0.2, 0.25) is 0 Å². The lowest BCUT2D eigenvalue weighted by molar-refractivity contribution is -0.138. The van der Waals surface area contributed by atoms with E-state index in [-0.39, 0.29) is 23.4 Å². The Bertz CT molecular complexity index is 1580. The van der Waals surface area contributed by atoms with E-state index in [1.54, 1.807) is 18.2 Å². The number of amides is 1. The van der Waals surface area contributed by atoms with Crippen LogP contribution < -0.4 is 10.8 Å². The molecular formula is C28H24BF3N6O. The second-order valence-electron chi connectivity index (χ2n) is 9.49. The number of anilines is 1. The van der Waals surface area contributed by atoms with Gasteiger partial charge in [-0.3, -0.25) is 19.8 Å². The van der Waals surface area contributed by atoms with Crippen LogP contribution in [0.4, 0.5) is 18.9 Å². The molecule has 0 unspecified atom stereocenters. The van der Waals surface area contributed by atoms with E-state index in [1.807, 2.05) is 11.9 Å². The number of piperazine rings is 1. The van der Waals surface area contributed by atoms with Gasteiger partial charge >= 0.3 is 6.18 Å². The number of carbonyl (C=O) groups excluding carboxylic acids is 1. The molecule has 0 aliphatic carbocycles. The molecule has 5 rings (SSSR count). The third kappa shape index (κ3) is 6.30. The predicted octanol–water partition coefficient (Wildman–Crippen LogP) is 3.17. The van der Waals surface area contributed by atoms with Crippen molar-refractivity contribution in [3.8, 4) is 11.8 Å². The van der Waals surface area contributed by atoms with Gasteiger partial charge in [-0.2, -0.15) is 18.3 Å². The number of likely N-dealkylation sites (N-methyl/N-ethyl adjacent to an activating group) is 1. The Morgan fingerprint density at radius 1 is 1.08 bits per heavy atom. The number of H-pyrrole nitrogens is 1. The Morgan fingerprint density at radius 3 is 2.64 bits per heavy atom. The van der Waals surface area contributed by atoms with Gasteiger partial charge in [0.05, 0.1) is 16.6 Å². The maximum atomic E-state index is 13.9. The lowest BCUT2D eigenvalue weighted by Gasteiger charge is -2.33. The molecule has 2 radical (unpaired) electrons. The van der Waals surface area contributed by atoms with Crippen molar-refractivity contribution < 1.29 is 18.0 Å². The van der Waals surface area contributed by atoms with E-state index >= 15 is 0 Å². The SMILES string of the molecule is [B]c1ccc2n[nH]c(C#Cc3cncc(C(=O)Nc4ccc(CN5CCN(C)CC5)c(C(F)(F)F)c4)c3)c2c1. The van der Waals surface area contributed by atoms with Crippen molar-refractivity contribution in [2.45, 2.75) is 12.7 Å². The van der Waals surface area contributed by atoms with Gasteiger partial charge in [-0.25, -0.2) is 0 Å². The van der Waals surface area contributed by atoms with Gasteiger partial charge in [0.15, 0.2) is 0 Å². The van der Waals surface area contributed by atoms with Gasteiger partial charge in [0, 0.05) is 61.8 Å². The average Bonchev–Trinajstić information content (AvgIpc) is 3.31. The standard InChI is InChI=1S/C28H24BF3N6O/c1-37-8-10-38(11-9-37)17-19-3-5-22(14-24(19)28(30,31)32)34-27(39)20-12-18(15-33-16-20)2-6-25-23-13-21(29)4-7-26(23)36-35-25/h3-5,7,12-16H,8-11,17H2,1H3,(H,34,39)(H,35,36). The quantitative estimate of drug-likeness (QED) is 0.315. The molecule has 39 heavy (non-hydrogen) atoms. The molecule has 1 fully saturated rings. The van der Waals surface area contributed by atoms with E-state index in [4.69, 9.17) is 7.85 Å². The number of hydrogen-bond acceptors (Lipinski definition) is 5. The molecule has 2 N–H and O–H groups in total. The van der Waals surface area contributed by atoms with Crippen molar-refractivity contribution in [1.82, 2.24) is 25.0 Å². The van der Waals surface area contributed by atoms with Crippen LogP contribution in [0.25, 0.3) is 10.9 Å². The van der Waals surface area contributed by atoms with E-state index in [9.17, 15) is 18.0 Å². The molecule has 11 heteroatoms. The maximum Gasteiger partial charge on any atom is 0.416 e. The number of rotatable bonds is 4. The van der Waals surface area contributed by atoms with Gasteiger partial charge in [-0.05, 0) is 42.8 Å². The zero-order chi connectivity index (χ0) is 27.6. The molecule has 3 heterocycles. The van der Waals surface area contributed by atoms with Crippen LogP contribution in [-0.4, -0.2) is 72.0 Å². The third-order valence-electron chi connectivity index (χ3n) is 6.57. The number of pyridine rings is 1. The van der Waals surface area contributed by atoms with Crippen molar-refractivity contribution >= 4 is 35.8 Å². The Kier molecular flexibility index (Phi) is 7.41. The molecule has 2 aromatic heterocycles. The summed E-state index contributed by atoms with van der Waals surface area (Å²) in [5.74, 6) is 5.31. The number of halogens is 3. The van der Waals surface area contributed by atoms with Gasteiger partial charge < -0.3 is 10.2 Å². The fourth-order valence-electron chi connectivity index (χ4n) is 4.40. The molecule has 2 aromatic carbocycles. The van der Waals surface area contributed by atoms with Crippen LogP contribution in [-0.2, 0) is 12.7 Å². The highest BCUT2D eigenvalue weighted by Crippen LogP contribution is 2.34. The molecule has 1 saturated heterocycles. The predicted molar refractivity (Wildman–Crippen MR) is 144 cm³/mol. The Hall–Kier alpha value is -4.14. The van der Waals surface area contributed by atoms with Crippen LogP contribution in [0.3, 0.4) is 0 Å². The summed E-state index contributed by atoms with van der Waals surface area (Å²) in [6.45, 7) is 3.20. The lowest BCUT2D eigenvalue weighted by atomic mass is 9.95. The van der Waals surface area contributed by atoms with Crippen molar-refractivity contribution in [3.05, 3.63) is 82.8 Å². The third-order valence-corrected chi connectivity index (χ3v) is 6.57. The van der Waals surface area contributed by atoms with E-state index in [0.717, 1.165) is 24.5 Å². The maximum absolute atomic E-state index is 13.9. The van der Waals surface area contributed by atoms with Crippen LogP contribution in [0.15, 0.2) is 54.9 Å². The first-order chi connectivity index (χ1) is 18.7. The summed E-state index contributed by atoms with van der Waals surface area (Å²) >= 11 is 0. The number of nitrogens with one attached hydrogen (secondary N) is 2. The number of hydrogen-bond donors (Lipinski definition) is 2. The van der Waals surface area contributed by atoms with Crippen LogP contribution in [0.1, 0.15) is 32.7 Å². The summed E-state index contributed by atoms with van der Waals surface area (Å²) in [6, 6.07) is 10.7. The smallest absolute Gasteiger partial charge is 0.322 e. The van der Waals surface area contributed by atoms with Crippen LogP contribution >= 0.6 is 0 Å². The number of aromatic nitrogens is 3. The zero-order valence-corrected chi connectivity index (χ0v) is 21.1. The normalized spacial score (nSPS) is 14.7. The summed E-state index contributed by atoms with van der Waals surface area (Å²) in [5, 5.41) is 10.4. The Labute approximate surface area is 224 Å². The zero-order valence-electron chi connectivity index (χ0n) is 21.1. The number of nitrogens with zero attached hydrogens (tertiary/aromatic N) is 4. The monoisotopic (exact) mass is 528 g/mol. The minimum absolute atomic E-state index is 0.0486. The number of benzene rings is 2. The summed E-state index contributed by atoms with van der Waals surface area (Å²) in [4.78, 5) is 21.1. The molecular weight excluding hydrogens is 504 g/mol. The van der Waals surface area contributed by atoms with Crippen molar-refractivity contribution in [3.63, 3.8) is 0 Å². The number of aromatic amines is 1. The number of fused-ring (bicyclic) bond motifs is 1. The van der Waals surface area contributed by atoms with Crippen LogP contribution in [0.5, 0.6) is 0 Å². The molecule has 0 bridgehead atoms. The molecule has 4 aromatic rings. The Balaban J connectivity index is 1.33. The van der Waals surface area contributed by atoms with Crippen molar-refractivity contribution in [2.24, 2.45) is 0 Å². The van der Waals surface area contributed by atoms with Gasteiger partial charge in [-0.15, -0.1) is 0 Å². The van der Waals surface area contributed by atoms with Gasteiger partial charge in [0.1, 0.15) is 13.5 Å². The molecule has 0 atom stereocenters. The summed E-state index contributed by atoms with van der Waals surface area (Å²) < 4.78 is 41.7. The van der Waals surface area contributed by atoms with Gasteiger partial charge in [0.2, 0.25) is 0 Å². The summed E-state index contributed by atoms with van der Waals surface area (Å²) in [5.41, 5.74) is 1.93. The number of alkyl halides is 3. The molecule has 1 aliphatic heterocycles. The van der Waals surface area contributed by atoms with E-state index in [0.29, 0.717) is 35.3 Å². The second kappa shape index (κ2) is 10.9. The summed E-state index contributed by atoms with van der Waals surface area (Å²) in [7, 11) is 7.84. The topological polar surface area (TPSA) is 77.1 Å². The molecule has 0 saturated carbocycles. The van der Waals surface area contributed by atoms with E-state index in [1.165, 1.54) is 30.6 Å². The highest BCUT2D eigenvalue weighted by molar-refractivity contribution is 6.33. The van der Waals surface area contributed by atoms with Crippen molar-refractivity contribution in [2.75, 3.05) is 38.5 Å². The fraction of sp³-hybridized carbons (Fsp3) is 0.250. The largest absolute Gasteiger partial charge is 0.416 e. The number of carbonyl (C=O) groups is 1. The first-order valence-corrected chi connectivity index (χ1v) is 12.3. The molecule has 196 valence electrons. The first kappa shape index (κ1) is 26.5. The highest BCUT2D eigenvalue weighted by atomic mass is 19.4. The van der Waals surface area contributed by atoms with E-state index in [2.05, 4.69) is 37.2 Å². The minimum atomic E-state index is -4.55.